The van der Waals surface area contributed by atoms with Gasteiger partial charge in [0.25, 0.3) is 0 Å². The Labute approximate surface area is 371 Å². The maximum atomic E-state index is 12.8. The molecular weight excluding hydrogens is 827 g/mol. The summed E-state index contributed by atoms with van der Waals surface area (Å²) in [4.78, 5) is 49.7. The standard InChI is InChI=1S/C45H73NO13S2/c1-5-33(3)44(49)59-40-29-32(2)28-35-11-10-34(4)39(43(35)40)13-12-36-30-37(31-42(48)57-36)58-45(50)46-15-16-51-17-18-52-19-20-53-21-22-54-23-24-55-25-26-56-41(47)9-7-6-8-38-14-27-60-61-38/h10-11,28,32-34,36-40,43H,5-9,12-27,29-31H2,1-4H3,(H,46,50)/t32?,33?,34?,36?,37?,38?,39?,40?,43-/m1/s1. The number of rotatable bonds is 30. The molecule has 0 bridgehead atoms. The van der Waals surface area contributed by atoms with Crippen molar-refractivity contribution < 1.29 is 61.8 Å². The van der Waals surface area contributed by atoms with Gasteiger partial charge in [0.1, 0.15) is 24.9 Å². The van der Waals surface area contributed by atoms with Gasteiger partial charge in [-0.05, 0) is 68.3 Å². The minimum Gasteiger partial charge on any atom is -0.463 e. The number of hydrogen-bond acceptors (Lipinski definition) is 15. The van der Waals surface area contributed by atoms with Gasteiger partial charge in [-0.3, -0.25) is 14.4 Å². The van der Waals surface area contributed by atoms with Crippen molar-refractivity contribution in [1.82, 2.24) is 5.32 Å². The molecule has 0 aromatic rings. The van der Waals surface area contributed by atoms with Gasteiger partial charge in [0.2, 0.25) is 0 Å². The third kappa shape index (κ3) is 20.4. The van der Waals surface area contributed by atoms with Gasteiger partial charge in [0.15, 0.2) is 0 Å². The number of unbranched alkanes of at least 4 members (excludes halogenated alkanes) is 1. The summed E-state index contributed by atoms with van der Waals surface area (Å²) in [5.41, 5.74) is 1.23. The van der Waals surface area contributed by atoms with Gasteiger partial charge in [0, 0.05) is 36.3 Å². The Balaban J connectivity index is 0.944. The fourth-order valence-electron chi connectivity index (χ4n) is 8.04. The number of allylic oxidation sites excluding steroid dienone is 3. The highest BCUT2D eigenvalue weighted by Crippen LogP contribution is 2.45. The minimum absolute atomic E-state index is 0.0214. The number of esters is 3. The van der Waals surface area contributed by atoms with Crippen molar-refractivity contribution in [3.63, 3.8) is 0 Å². The van der Waals surface area contributed by atoms with Gasteiger partial charge in [0.05, 0.1) is 78.4 Å². The molecule has 4 aliphatic rings. The Morgan fingerprint density at radius 3 is 2.18 bits per heavy atom. The lowest BCUT2D eigenvalue weighted by Gasteiger charge is -2.43. The molecule has 0 radical (unpaired) electrons. The summed E-state index contributed by atoms with van der Waals surface area (Å²) in [6, 6.07) is 0. The molecule has 2 fully saturated rings. The molecule has 8 unspecified atom stereocenters. The third-order valence-corrected chi connectivity index (χ3v) is 14.6. The van der Waals surface area contributed by atoms with E-state index >= 15 is 0 Å². The summed E-state index contributed by atoms with van der Waals surface area (Å²) in [6.07, 6.45) is 13.3. The first-order chi connectivity index (χ1) is 29.6. The van der Waals surface area contributed by atoms with Crippen LogP contribution in [0.2, 0.25) is 0 Å². The van der Waals surface area contributed by atoms with Crippen LogP contribution in [0.4, 0.5) is 4.79 Å². The van der Waals surface area contributed by atoms with E-state index in [1.165, 1.54) is 24.2 Å². The molecule has 0 aromatic carbocycles. The monoisotopic (exact) mass is 899 g/mol. The maximum absolute atomic E-state index is 12.8. The van der Waals surface area contributed by atoms with Crippen LogP contribution in [0.25, 0.3) is 0 Å². The smallest absolute Gasteiger partial charge is 0.407 e. The topological polar surface area (TPSA) is 163 Å². The predicted molar refractivity (Wildman–Crippen MR) is 235 cm³/mol. The molecule has 14 nitrogen and oxygen atoms in total. The lowest BCUT2D eigenvalue weighted by Crippen LogP contribution is -2.42. The largest absolute Gasteiger partial charge is 0.463 e. The molecule has 1 N–H and O–H groups in total. The molecule has 4 rings (SSSR count). The van der Waals surface area contributed by atoms with E-state index in [2.05, 4.69) is 37.4 Å². The van der Waals surface area contributed by atoms with Crippen LogP contribution < -0.4 is 5.32 Å². The summed E-state index contributed by atoms with van der Waals surface area (Å²) in [5.74, 6) is 1.35. The average molecular weight is 900 g/mol. The Hall–Kier alpha value is -2.34. The van der Waals surface area contributed by atoms with E-state index in [1.807, 2.05) is 35.4 Å². The summed E-state index contributed by atoms with van der Waals surface area (Å²) in [7, 11) is 3.93. The highest BCUT2D eigenvalue weighted by atomic mass is 33.1. The molecule has 16 heteroatoms. The molecule has 0 spiro atoms. The Morgan fingerprint density at radius 2 is 1.52 bits per heavy atom. The Morgan fingerprint density at radius 1 is 0.852 bits per heavy atom. The highest BCUT2D eigenvalue weighted by molar-refractivity contribution is 8.77. The summed E-state index contributed by atoms with van der Waals surface area (Å²) in [5, 5.41) is 3.44. The van der Waals surface area contributed by atoms with Crippen LogP contribution in [0, 0.1) is 29.6 Å². The lowest BCUT2D eigenvalue weighted by molar-refractivity contribution is -0.162. The highest BCUT2D eigenvalue weighted by Gasteiger charge is 2.42. The summed E-state index contributed by atoms with van der Waals surface area (Å²) >= 11 is 0. The van der Waals surface area contributed by atoms with E-state index in [-0.39, 0.29) is 80.0 Å². The van der Waals surface area contributed by atoms with Crippen LogP contribution in [-0.2, 0) is 57.0 Å². The molecule has 0 saturated carbocycles. The lowest BCUT2D eigenvalue weighted by atomic mass is 9.65. The van der Waals surface area contributed by atoms with Gasteiger partial charge in [-0.25, -0.2) is 4.79 Å². The average Bonchev–Trinajstić information content (AvgIpc) is 3.76. The number of carbonyl (C=O) groups excluding carboxylic acids is 4. The zero-order valence-corrected chi connectivity index (χ0v) is 38.7. The normalized spacial score (nSPS) is 26.5. The number of amides is 1. The van der Waals surface area contributed by atoms with Gasteiger partial charge < -0.3 is 47.9 Å². The fraction of sp³-hybridized carbons (Fsp3) is 0.822. The van der Waals surface area contributed by atoms with Crippen LogP contribution in [0.1, 0.15) is 98.3 Å². The molecule has 2 saturated heterocycles. The van der Waals surface area contributed by atoms with Gasteiger partial charge in [-0.1, -0.05) is 73.9 Å². The van der Waals surface area contributed by atoms with Crippen molar-refractivity contribution in [2.75, 3.05) is 85.0 Å². The van der Waals surface area contributed by atoms with E-state index in [1.54, 1.807) is 0 Å². The van der Waals surface area contributed by atoms with Crippen molar-refractivity contribution in [3.8, 4) is 0 Å². The minimum atomic E-state index is -0.595. The zero-order chi connectivity index (χ0) is 43.7. The third-order valence-electron chi connectivity index (χ3n) is 11.6. The van der Waals surface area contributed by atoms with Gasteiger partial charge >= 0.3 is 24.0 Å². The SMILES string of the molecule is CCC(C)C(=O)OC1CC(C)C=C2C=CC(C)C(CCC3CC(OC(=O)NCCOCCOCCOCCOCCOCCOC(=O)CCCCC4CCSS4)CC(=O)O3)[C@@H]21. The number of hydrogen-bond donors (Lipinski definition) is 1. The number of nitrogens with one attached hydrogen (secondary N) is 1. The second kappa shape index (κ2) is 29.9. The number of fused-ring (bicyclic) bond motifs is 1. The number of cyclic esters (lactones) is 1. The van der Waals surface area contributed by atoms with Gasteiger partial charge in [-0.15, -0.1) is 0 Å². The van der Waals surface area contributed by atoms with Crippen molar-refractivity contribution in [2.24, 2.45) is 29.6 Å². The first-order valence-corrected chi connectivity index (χ1v) is 25.1. The van der Waals surface area contributed by atoms with Crippen LogP contribution in [0.15, 0.2) is 23.8 Å². The molecule has 9 atom stereocenters. The van der Waals surface area contributed by atoms with Crippen LogP contribution >= 0.6 is 21.6 Å². The van der Waals surface area contributed by atoms with E-state index in [4.69, 9.17) is 42.6 Å². The van der Waals surface area contributed by atoms with Gasteiger partial charge in [-0.2, -0.15) is 0 Å². The van der Waals surface area contributed by atoms with E-state index in [9.17, 15) is 19.2 Å². The second-order valence-corrected chi connectivity index (χ2v) is 19.3. The molecule has 0 aromatic heterocycles. The zero-order valence-electron chi connectivity index (χ0n) is 37.0. The van der Waals surface area contributed by atoms with E-state index in [0.29, 0.717) is 84.6 Å². The van der Waals surface area contributed by atoms with Crippen molar-refractivity contribution in [2.45, 2.75) is 122 Å². The number of alkyl carbamates (subject to hydrolysis) is 1. The number of carbonyl (C=O) groups is 4. The molecule has 2 aliphatic carbocycles. The maximum Gasteiger partial charge on any atom is 0.407 e. The number of ether oxygens (including phenoxy) is 9. The Bertz CT molecular complexity index is 1360. The van der Waals surface area contributed by atoms with Crippen molar-refractivity contribution in [3.05, 3.63) is 23.8 Å². The Kier molecular flexibility index (Phi) is 25.2. The second-order valence-electron chi connectivity index (χ2n) is 16.5. The molecule has 61 heavy (non-hydrogen) atoms. The molecule has 348 valence electrons. The van der Waals surface area contributed by atoms with Crippen LogP contribution in [-0.4, -0.2) is 133 Å². The molecule has 2 aliphatic heterocycles. The predicted octanol–water partition coefficient (Wildman–Crippen LogP) is 7.27. The summed E-state index contributed by atoms with van der Waals surface area (Å²) in [6.45, 7) is 12.8. The van der Waals surface area contributed by atoms with Crippen molar-refractivity contribution in [1.29, 1.82) is 0 Å². The molecule has 1 amide bonds. The quantitative estimate of drug-likeness (QED) is 0.0331. The molecule has 2 heterocycles. The first kappa shape index (κ1) is 51.3. The van der Waals surface area contributed by atoms with Crippen LogP contribution in [0.5, 0.6) is 0 Å². The van der Waals surface area contributed by atoms with E-state index < -0.39 is 12.2 Å². The fourth-order valence-corrected chi connectivity index (χ4v) is 11.1. The van der Waals surface area contributed by atoms with Crippen molar-refractivity contribution >= 4 is 45.6 Å². The van der Waals surface area contributed by atoms with E-state index in [0.717, 1.165) is 37.4 Å². The first-order valence-electron chi connectivity index (χ1n) is 22.7. The molecular formula is C45H73NO13S2. The van der Waals surface area contributed by atoms with Crippen LogP contribution in [0.3, 0.4) is 0 Å². The summed E-state index contributed by atoms with van der Waals surface area (Å²) < 4.78 is 50.2.